The van der Waals surface area contributed by atoms with Crippen LogP contribution in [0, 0.1) is 23.3 Å². The lowest BCUT2D eigenvalue weighted by Gasteiger charge is -2.25. The fourth-order valence-corrected chi connectivity index (χ4v) is 2.75. The van der Waals surface area contributed by atoms with Crippen molar-refractivity contribution in [2.75, 3.05) is 26.0 Å². The molecule has 0 bridgehead atoms. The van der Waals surface area contributed by atoms with E-state index in [0.29, 0.717) is 16.5 Å². The molecule has 0 aliphatic heterocycles. The Labute approximate surface area is 165 Å². The molecular formula is C20H22F4N3O2+. The number of halogens is 4. The second kappa shape index (κ2) is 9.51. The van der Waals surface area contributed by atoms with Crippen LogP contribution in [-0.4, -0.2) is 43.4 Å². The van der Waals surface area contributed by atoms with Crippen LogP contribution in [0.15, 0.2) is 36.4 Å². The number of hydrogen-bond acceptors (Lipinski definition) is 2. The Morgan fingerprint density at radius 2 is 1.79 bits per heavy atom. The van der Waals surface area contributed by atoms with Crippen LogP contribution in [0.5, 0.6) is 0 Å². The number of hydrogen-bond donors (Lipinski definition) is 2. The zero-order chi connectivity index (χ0) is 21.7. The lowest BCUT2D eigenvalue weighted by molar-refractivity contribution is -0.886. The van der Waals surface area contributed by atoms with E-state index in [1.807, 2.05) is 0 Å². The number of carbonyl (C=O) groups is 2. The van der Waals surface area contributed by atoms with Crippen molar-refractivity contribution < 1.29 is 32.1 Å². The topological polar surface area (TPSA) is 53.9 Å². The van der Waals surface area contributed by atoms with Crippen molar-refractivity contribution in [3.8, 4) is 0 Å². The number of rotatable bonds is 7. The van der Waals surface area contributed by atoms with Crippen molar-refractivity contribution in [3.05, 3.63) is 65.2 Å². The van der Waals surface area contributed by atoms with Gasteiger partial charge in [-0.25, -0.2) is 17.6 Å². The van der Waals surface area contributed by atoms with Gasteiger partial charge in [-0.15, -0.1) is 0 Å². The minimum absolute atomic E-state index is 0.195. The standard InChI is InChI=1S/C20H21F4N3O2/c1-12(20(29)27(3)10-13-5-4-6-14(21)9-13)26(2)11-17(28)25-16-8-7-15(22)18(23)19(16)24/h4-9,12H,10-11H2,1-3H3,(H,25,28)/p+1/t12-/m0/s1. The average Bonchev–Trinajstić information content (AvgIpc) is 2.67. The summed E-state index contributed by atoms with van der Waals surface area (Å²) >= 11 is 0. The number of amides is 2. The first-order chi connectivity index (χ1) is 13.6. The van der Waals surface area contributed by atoms with Gasteiger partial charge in [-0.1, -0.05) is 12.1 Å². The molecule has 0 radical (unpaired) electrons. The van der Waals surface area contributed by atoms with Crippen LogP contribution in [0.4, 0.5) is 23.2 Å². The van der Waals surface area contributed by atoms with Gasteiger partial charge in [0, 0.05) is 13.6 Å². The molecule has 9 heteroatoms. The molecule has 0 aliphatic rings. The molecule has 2 atom stereocenters. The molecular weight excluding hydrogens is 390 g/mol. The Morgan fingerprint density at radius 3 is 2.45 bits per heavy atom. The summed E-state index contributed by atoms with van der Waals surface area (Å²) in [6, 6.07) is 6.87. The van der Waals surface area contributed by atoms with Crippen LogP contribution < -0.4 is 10.2 Å². The summed E-state index contributed by atoms with van der Waals surface area (Å²) in [7, 11) is 3.16. The van der Waals surface area contributed by atoms with E-state index in [-0.39, 0.29) is 19.0 Å². The minimum atomic E-state index is -1.67. The van der Waals surface area contributed by atoms with Gasteiger partial charge >= 0.3 is 0 Å². The highest BCUT2D eigenvalue weighted by atomic mass is 19.2. The smallest absolute Gasteiger partial charge is 0.280 e. The van der Waals surface area contributed by atoms with E-state index < -0.39 is 40.9 Å². The fourth-order valence-electron chi connectivity index (χ4n) is 2.75. The van der Waals surface area contributed by atoms with Gasteiger partial charge in [-0.2, -0.15) is 0 Å². The van der Waals surface area contributed by atoms with Gasteiger partial charge < -0.3 is 15.1 Å². The van der Waals surface area contributed by atoms with Crippen molar-refractivity contribution >= 4 is 17.5 Å². The molecule has 5 nitrogen and oxygen atoms in total. The van der Waals surface area contributed by atoms with Gasteiger partial charge in [0.1, 0.15) is 5.82 Å². The number of nitrogens with zero attached hydrogens (tertiary/aromatic N) is 1. The van der Waals surface area contributed by atoms with Gasteiger partial charge in [-0.3, -0.25) is 9.59 Å². The molecule has 2 amide bonds. The summed E-state index contributed by atoms with van der Waals surface area (Å²) in [4.78, 5) is 26.6. The summed E-state index contributed by atoms with van der Waals surface area (Å²) in [5.41, 5.74) is 0.140. The van der Waals surface area contributed by atoms with Crippen molar-refractivity contribution in [2.45, 2.75) is 19.5 Å². The molecule has 1 unspecified atom stereocenters. The molecule has 0 saturated carbocycles. The lowest BCUT2D eigenvalue weighted by Crippen LogP contribution is -3.15. The third-order valence-corrected chi connectivity index (χ3v) is 4.54. The largest absolute Gasteiger partial charge is 0.336 e. The minimum Gasteiger partial charge on any atom is -0.336 e. The zero-order valence-corrected chi connectivity index (χ0v) is 16.2. The first-order valence-corrected chi connectivity index (χ1v) is 8.85. The maximum Gasteiger partial charge on any atom is 0.280 e. The normalized spacial score (nSPS) is 12.9. The van der Waals surface area contributed by atoms with E-state index in [0.717, 1.165) is 6.07 Å². The summed E-state index contributed by atoms with van der Waals surface area (Å²) in [5.74, 6) is -5.87. The van der Waals surface area contributed by atoms with E-state index in [4.69, 9.17) is 0 Å². The number of benzene rings is 2. The van der Waals surface area contributed by atoms with E-state index in [2.05, 4.69) is 5.32 Å². The van der Waals surface area contributed by atoms with Crippen LogP contribution >= 0.6 is 0 Å². The van der Waals surface area contributed by atoms with Gasteiger partial charge in [0.05, 0.1) is 12.7 Å². The quantitative estimate of drug-likeness (QED) is 0.538. The summed E-state index contributed by atoms with van der Waals surface area (Å²) in [6.45, 7) is 1.60. The van der Waals surface area contributed by atoms with Gasteiger partial charge in [-0.05, 0) is 36.8 Å². The summed E-state index contributed by atoms with van der Waals surface area (Å²) in [6.07, 6.45) is 0. The maximum absolute atomic E-state index is 13.7. The highest BCUT2D eigenvalue weighted by molar-refractivity contribution is 5.91. The summed E-state index contributed by atoms with van der Waals surface area (Å²) < 4.78 is 53.2. The SMILES string of the molecule is C[C@@H](C(=O)N(C)Cc1cccc(F)c1)[NH+](C)CC(=O)Nc1ccc(F)c(F)c1F. The Kier molecular flexibility index (Phi) is 7.33. The Bertz CT molecular complexity index is 907. The molecule has 0 aromatic heterocycles. The highest BCUT2D eigenvalue weighted by Gasteiger charge is 2.27. The van der Waals surface area contributed by atoms with E-state index in [1.54, 1.807) is 33.2 Å². The highest BCUT2D eigenvalue weighted by Crippen LogP contribution is 2.19. The number of carbonyl (C=O) groups excluding carboxylic acids is 2. The number of nitrogens with one attached hydrogen (secondary N) is 2. The van der Waals surface area contributed by atoms with Crippen LogP contribution in [0.2, 0.25) is 0 Å². The second-order valence-electron chi connectivity index (χ2n) is 6.84. The molecule has 0 fully saturated rings. The van der Waals surface area contributed by atoms with Crippen LogP contribution in [0.1, 0.15) is 12.5 Å². The van der Waals surface area contributed by atoms with Crippen LogP contribution in [-0.2, 0) is 16.1 Å². The predicted molar refractivity (Wildman–Crippen MR) is 99.0 cm³/mol. The third-order valence-electron chi connectivity index (χ3n) is 4.54. The third kappa shape index (κ3) is 5.77. The van der Waals surface area contributed by atoms with Crippen molar-refractivity contribution in [1.82, 2.24) is 4.90 Å². The Balaban J connectivity index is 1.95. The molecule has 2 N–H and O–H groups in total. The monoisotopic (exact) mass is 412 g/mol. The molecule has 2 aromatic rings. The van der Waals surface area contributed by atoms with Gasteiger partial charge in [0.2, 0.25) is 0 Å². The molecule has 0 spiro atoms. The van der Waals surface area contributed by atoms with Crippen molar-refractivity contribution in [1.29, 1.82) is 0 Å². The molecule has 156 valence electrons. The fraction of sp³-hybridized carbons (Fsp3) is 0.300. The first-order valence-electron chi connectivity index (χ1n) is 8.85. The second-order valence-corrected chi connectivity index (χ2v) is 6.84. The number of anilines is 1. The molecule has 2 rings (SSSR count). The predicted octanol–water partition coefficient (Wildman–Crippen LogP) is 1.74. The average molecular weight is 412 g/mol. The molecule has 0 heterocycles. The van der Waals surface area contributed by atoms with E-state index in [1.165, 1.54) is 17.0 Å². The van der Waals surface area contributed by atoms with Crippen molar-refractivity contribution in [3.63, 3.8) is 0 Å². The number of likely N-dealkylation sites (N-methyl/N-ethyl adjacent to an activating group) is 2. The molecule has 2 aromatic carbocycles. The van der Waals surface area contributed by atoms with Crippen molar-refractivity contribution in [2.24, 2.45) is 0 Å². The van der Waals surface area contributed by atoms with E-state index >= 15 is 0 Å². The van der Waals surface area contributed by atoms with E-state index in [9.17, 15) is 27.2 Å². The first kappa shape index (κ1) is 22.4. The van der Waals surface area contributed by atoms with Gasteiger partial charge in [0.15, 0.2) is 30.0 Å². The molecule has 0 aliphatic carbocycles. The molecule has 0 saturated heterocycles. The Morgan fingerprint density at radius 1 is 1.10 bits per heavy atom. The van der Waals surface area contributed by atoms with Gasteiger partial charge in [0.25, 0.3) is 11.8 Å². The Hall–Kier alpha value is -2.94. The lowest BCUT2D eigenvalue weighted by atomic mass is 10.2. The molecule has 29 heavy (non-hydrogen) atoms. The zero-order valence-electron chi connectivity index (χ0n) is 16.2. The van der Waals surface area contributed by atoms with Crippen LogP contribution in [0.25, 0.3) is 0 Å². The number of quaternary nitrogens is 1. The van der Waals surface area contributed by atoms with Crippen LogP contribution in [0.3, 0.4) is 0 Å². The maximum atomic E-state index is 13.7. The summed E-state index contributed by atoms with van der Waals surface area (Å²) in [5, 5.41) is 2.17.